The van der Waals surface area contributed by atoms with Gasteiger partial charge in [-0.25, -0.2) is 0 Å². The predicted molar refractivity (Wildman–Crippen MR) is 98.8 cm³/mol. The normalized spacial score (nSPS) is 9.93. The Hall–Kier alpha value is -4.35. The minimum Gasteiger partial charge on any atom is -0.352 e. The van der Waals surface area contributed by atoms with Crippen molar-refractivity contribution in [2.75, 3.05) is 6.54 Å². The van der Waals surface area contributed by atoms with E-state index in [1.807, 2.05) is 0 Å². The highest BCUT2D eigenvalue weighted by Gasteiger charge is 2.13. The first kappa shape index (κ1) is 21.0. The number of nitrogens with one attached hydrogen (secondary N) is 3. The van der Waals surface area contributed by atoms with Gasteiger partial charge in [0.25, 0.3) is 23.2 Å². The van der Waals surface area contributed by atoms with E-state index in [0.717, 1.165) is 6.07 Å². The number of hydrazine groups is 1. The molecule has 29 heavy (non-hydrogen) atoms. The summed E-state index contributed by atoms with van der Waals surface area (Å²) in [5.41, 5.74) is 4.01. The maximum Gasteiger partial charge on any atom is 0.270 e. The lowest BCUT2D eigenvalue weighted by atomic mass is 10.2. The van der Waals surface area contributed by atoms with Crippen LogP contribution < -0.4 is 16.2 Å². The third kappa shape index (κ3) is 6.09. The van der Waals surface area contributed by atoms with Crippen LogP contribution in [0.25, 0.3) is 0 Å². The van der Waals surface area contributed by atoms with Crippen LogP contribution in [0.4, 0.5) is 11.4 Å². The Morgan fingerprint density at radius 1 is 0.793 bits per heavy atom. The fraction of sp³-hybridized carbons (Fsp3) is 0.118. The van der Waals surface area contributed by atoms with Crippen LogP contribution in [-0.2, 0) is 4.79 Å². The van der Waals surface area contributed by atoms with E-state index in [0.29, 0.717) is 0 Å². The maximum atomic E-state index is 11.9. The molecule has 0 heterocycles. The van der Waals surface area contributed by atoms with Crippen molar-refractivity contribution in [3.63, 3.8) is 0 Å². The largest absolute Gasteiger partial charge is 0.352 e. The van der Waals surface area contributed by atoms with Crippen LogP contribution >= 0.6 is 0 Å². The van der Waals surface area contributed by atoms with Crippen LogP contribution in [0.15, 0.2) is 48.5 Å². The summed E-state index contributed by atoms with van der Waals surface area (Å²) in [5.74, 6) is -1.86. The van der Waals surface area contributed by atoms with Gasteiger partial charge in [0.05, 0.1) is 9.85 Å². The van der Waals surface area contributed by atoms with Gasteiger partial charge in [-0.05, 0) is 18.2 Å². The molecule has 3 amide bonds. The first-order valence-corrected chi connectivity index (χ1v) is 8.14. The highest BCUT2D eigenvalue weighted by molar-refractivity contribution is 5.96. The molecule has 0 aliphatic rings. The average molecular weight is 401 g/mol. The number of carbonyl (C=O) groups is 3. The van der Waals surface area contributed by atoms with Crippen molar-refractivity contribution in [2.24, 2.45) is 0 Å². The van der Waals surface area contributed by atoms with E-state index >= 15 is 0 Å². The van der Waals surface area contributed by atoms with Crippen molar-refractivity contribution in [3.05, 3.63) is 79.9 Å². The van der Waals surface area contributed by atoms with E-state index in [-0.39, 0.29) is 35.5 Å². The van der Waals surface area contributed by atoms with E-state index < -0.39 is 27.6 Å². The van der Waals surface area contributed by atoms with Gasteiger partial charge in [-0.1, -0.05) is 6.07 Å². The molecular formula is C17H15N5O7. The summed E-state index contributed by atoms with van der Waals surface area (Å²) < 4.78 is 0. The van der Waals surface area contributed by atoms with Gasteiger partial charge >= 0.3 is 0 Å². The molecule has 0 bridgehead atoms. The smallest absolute Gasteiger partial charge is 0.270 e. The van der Waals surface area contributed by atoms with E-state index in [2.05, 4.69) is 16.2 Å². The van der Waals surface area contributed by atoms with Crippen LogP contribution in [0.3, 0.4) is 0 Å². The predicted octanol–water partition coefficient (Wildman–Crippen LogP) is 1.08. The SMILES string of the molecule is O=C(CCNC(=O)c1ccc([N+](=O)[O-])cc1)NNC(=O)c1cccc([N+](=O)[O-])c1. The summed E-state index contributed by atoms with van der Waals surface area (Å²) in [6.07, 6.45) is -0.159. The fourth-order valence-corrected chi connectivity index (χ4v) is 2.15. The van der Waals surface area contributed by atoms with Crippen LogP contribution in [0.1, 0.15) is 27.1 Å². The molecule has 0 aliphatic heterocycles. The quantitative estimate of drug-likeness (QED) is 0.459. The highest BCUT2D eigenvalue weighted by atomic mass is 16.6. The summed E-state index contributed by atoms with van der Waals surface area (Å²) in [7, 11) is 0. The Labute approximate surface area is 163 Å². The number of nitrogens with zero attached hydrogens (tertiary/aromatic N) is 2. The van der Waals surface area contributed by atoms with Crippen LogP contribution in [-0.4, -0.2) is 34.1 Å². The zero-order chi connectivity index (χ0) is 21.4. The molecule has 0 saturated carbocycles. The van der Waals surface area contributed by atoms with Crippen molar-refractivity contribution in [2.45, 2.75) is 6.42 Å². The van der Waals surface area contributed by atoms with E-state index in [1.54, 1.807) is 0 Å². The van der Waals surface area contributed by atoms with Crippen molar-refractivity contribution < 1.29 is 24.2 Å². The molecule has 2 aromatic carbocycles. The lowest BCUT2D eigenvalue weighted by Crippen LogP contribution is -2.42. The monoisotopic (exact) mass is 401 g/mol. The molecule has 0 spiro atoms. The second-order valence-corrected chi connectivity index (χ2v) is 5.62. The van der Waals surface area contributed by atoms with Gasteiger partial charge in [0.1, 0.15) is 0 Å². The zero-order valence-corrected chi connectivity index (χ0v) is 14.8. The van der Waals surface area contributed by atoms with Gasteiger partial charge in [-0.3, -0.25) is 45.5 Å². The average Bonchev–Trinajstić information content (AvgIpc) is 2.72. The topological polar surface area (TPSA) is 174 Å². The number of hydrogen-bond donors (Lipinski definition) is 3. The minimum atomic E-state index is -0.739. The third-order valence-electron chi connectivity index (χ3n) is 3.61. The molecule has 0 atom stereocenters. The maximum absolute atomic E-state index is 11.9. The molecule has 0 radical (unpaired) electrons. The first-order valence-electron chi connectivity index (χ1n) is 8.14. The lowest BCUT2D eigenvalue weighted by Gasteiger charge is -2.08. The van der Waals surface area contributed by atoms with Gasteiger partial charge in [0.2, 0.25) is 5.91 Å². The van der Waals surface area contributed by atoms with Gasteiger partial charge < -0.3 is 5.32 Å². The molecule has 150 valence electrons. The number of benzene rings is 2. The van der Waals surface area contributed by atoms with E-state index in [9.17, 15) is 34.6 Å². The Morgan fingerprint density at radius 2 is 1.45 bits per heavy atom. The lowest BCUT2D eigenvalue weighted by molar-refractivity contribution is -0.385. The molecule has 0 aliphatic carbocycles. The molecule has 2 aromatic rings. The second-order valence-electron chi connectivity index (χ2n) is 5.62. The zero-order valence-electron chi connectivity index (χ0n) is 14.8. The summed E-state index contributed by atoms with van der Waals surface area (Å²) in [5, 5.41) is 23.7. The molecule has 0 aromatic heterocycles. The highest BCUT2D eigenvalue weighted by Crippen LogP contribution is 2.13. The number of nitro benzene ring substituents is 2. The molecule has 0 unspecified atom stereocenters. The second kappa shape index (κ2) is 9.55. The number of nitro groups is 2. The number of carbonyl (C=O) groups excluding carboxylic acids is 3. The number of non-ortho nitro benzene ring substituents is 2. The van der Waals surface area contributed by atoms with Crippen LogP contribution in [0.5, 0.6) is 0 Å². The van der Waals surface area contributed by atoms with Gasteiger partial charge in [-0.15, -0.1) is 0 Å². The number of hydrogen-bond acceptors (Lipinski definition) is 7. The molecule has 12 heteroatoms. The van der Waals surface area contributed by atoms with E-state index in [4.69, 9.17) is 0 Å². The molecule has 0 saturated heterocycles. The van der Waals surface area contributed by atoms with Crippen molar-refractivity contribution in [1.29, 1.82) is 0 Å². The summed E-state index contributed by atoms with van der Waals surface area (Å²) in [4.78, 5) is 55.6. The van der Waals surface area contributed by atoms with Crippen molar-refractivity contribution >= 4 is 29.1 Å². The molecule has 0 fully saturated rings. The number of rotatable bonds is 7. The number of amides is 3. The Bertz CT molecular complexity index is 959. The van der Waals surface area contributed by atoms with Crippen molar-refractivity contribution in [3.8, 4) is 0 Å². The van der Waals surface area contributed by atoms with Crippen LogP contribution in [0, 0.1) is 20.2 Å². The standard InChI is InChI=1S/C17H15N5O7/c23-15(19-20-17(25)12-2-1-3-14(10-12)22(28)29)8-9-18-16(24)11-4-6-13(7-5-11)21(26)27/h1-7,10H,8-9H2,(H,18,24)(H,19,23)(H,20,25). The Kier molecular flexibility index (Phi) is 6.90. The summed E-state index contributed by atoms with van der Waals surface area (Å²) >= 11 is 0. The summed E-state index contributed by atoms with van der Waals surface area (Å²) in [6, 6.07) is 9.91. The minimum absolute atomic E-state index is 0.00836. The molecule has 2 rings (SSSR count). The summed E-state index contributed by atoms with van der Waals surface area (Å²) in [6.45, 7) is -0.0473. The molecule has 3 N–H and O–H groups in total. The van der Waals surface area contributed by atoms with Gasteiger partial charge in [0.15, 0.2) is 0 Å². The molecular weight excluding hydrogens is 386 g/mol. The Morgan fingerprint density at radius 3 is 2.07 bits per heavy atom. The third-order valence-corrected chi connectivity index (χ3v) is 3.61. The van der Waals surface area contributed by atoms with Crippen molar-refractivity contribution in [1.82, 2.24) is 16.2 Å². The van der Waals surface area contributed by atoms with E-state index in [1.165, 1.54) is 42.5 Å². The fourth-order valence-electron chi connectivity index (χ4n) is 2.15. The van der Waals surface area contributed by atoms with Gasteiger partial charge in [-0.2, -0.15) is 0 Å². The Balaban J connectivity index is 1.76. The van der Waals surface area contributed by atoms with Gasteiger partial charge in [0, 0.05) is 48.4 Å². The first-order chi connectivity index (χ1) is 13.8. The van der Waals surface area contributed by atoms with Crippen LogP contribution in [0.2, 0.25) is 0 Å². The molecule has 12 nitrogen and oxygen atoms in total.